The van der Waals surface area contributed by atoms with Gasteiger partial charge < -0.3 is 4.74 Å². The average Bonchev–Trinajstić information content (AvgIpc) is 2.25. The summed E-state index contributed by atoms with van der Waals surface area (Å²) in [5.74, 6) is -0.522. The molecule has 14 heavy (non-hydrogen) atoms. The van der Waals surface area contributed by atoms with E-state index in [-0.39, 0.29) is 6.61 Å². The minimum absolute atomic E-state index is 0.183. The van der Waals surface area contributed by atoms with Crippen LogP contribution in [-0.4, -0.2) is 19.3 Å². The molecule has 0 heterocycles. The zero-order valence-electron chi connectivity index (χ0n) is 7.65. The van der Waals surface area contributed by atoms with E-state index in [9.17, 15) is 9.18 Å². The smallest absolute Gasteiger partial charge is 0.330 e. The van der Waals surface area contributed by atoms with Crippen molar-refractivity contribution in [3.05, 3.63) is 42.0 Å². The standard InChI is InChI=1S/C11H11FO2/c12-8-9-14-11(13)7-6-10-4-2-1-3-5-10/h1-7H,8-9H2. The number of alkyl halides is 1. The van der Waals surface area contributed by atoms with E-state index in [4.69, 9.17) is 0 Å². The molecule has 0 bridgehead atoms. The number of benzene rings is 1. The van der Waals surface area contributed by atoms with Crippen LogP contribution in [0.2, 0.25) is 0 Å². The number of ether oxygens (including phenoxy) is 1. The van der Waals surface area contributed by atoms with Gasteiger partial charge in [-0.15, -0.1) is 0 Å². The molecular formula is C11H11FO2. The molecule has 0 radical (unpaired) electrons. The molecule has 0 atom stereocenters. The Morgan fingerprint density at radius 2 is 2.07 bits per heavy atom. The summed E-state index contributed by atoms with van der Waals surface area (Å²) < 4.78 is 16.1. The molecule has 0 spiro atoms. The van der Waals surface area contributed by atoms with Gasteiger partial charge in [0.05, 0.1) is 0 Å². The van der Waals surface area contributed by atoms with E-state index in [1.54, 1.807) is 6.08 Å². The van der Waals surface area contributed by atoms with Crippen LogP contribution in [-0.2, 0) is 9.53 Å². The first-order valence-electron chi connectivity index (χ1n) is 4.29. The van der Waals surface area contributed by atoms with Gasteiger partial charge in [0.25, 0.3) is 0 Å². The van der Waals surface area contributed by atoms with Gasteiger partial charge in [0.15, 0.2) is 0 Å². The third-order valence-corrected chi connectivity index (χ3v) is 1.53. The fourth-order valence-corrected chi connectivity index (χ4v) is 0.916. The van der Waals surface area contributed by atoms with E-state index in [2.05, 4.69) is 4.74 Å². The molecule has 0 saturated heterocycles. The topological polar surface area (TPSA) is 26.3 Å². The summed E-state index contributed by atoms with van der Waals surface area (Å²) >= 11 is 0. The van der Waals surface area contributed by atoms with Gasteiger partial charge in [-0.05, 0) is 11.6 Å². The first kappa shape index (κ1) is 10.4. The highest BCUT2D eigenvalue weighted by molar-refractivity contribution is 5.86. The van der Waals surface area contributed by atoms with Crippen molar-refractivity contribution in [2.24, 2.45) is 0 Å². The van der Waals surface area contributed by atoms with Crippen LogP contribution in [0.1, 0.15) is 5.56 Å². The van der Waals surface area contributed by atoms with Crippen LogP contribution in [0, 0.1) is 0 Å². The summed E-state index contributed by atoms with van der Waals surface area (Å²) in [6, 6.07) is 9.34. The zero-order chi connectivity index (χ0) is 10.2. The van der Waals surface area contributed by atoms with Crippen LogP contribution in [0.3, 0.4) is 0 Å². The molecule has 2 nitrogen and oxygen atoms in total. The Kier molecular flexibility index (Phi) is 4.41. The number of esters is 1. The second kappa shape index (κ2) is 5.91. The largest absolute Gasteiger partial charge is 0.460 e. The van der Waals surface area contributed by atoms with Crippen molar-refractivity contribution in [3.63, 3.8) is 0 Å². The lowest BCUT2D eigenvalue weighted by molar-refractivity contribution is -0.138. The van der Waals surface area contributed by atoms with Crippen LogP contribution in [0.4, 0.5) is 4.39 Å². The minimum atomic E-state index is -0.648. The molecule has 1 aromatic rings. The van der Waals surface area contributed by atoms with Gasteiger partial charge in [-0.25, -0.2) is 9.18 Å². The van der Waals surface area contributed by atoms with Crippen LogP contribution in [0.5, 0.6) is 0 Å². The summed E-state index contributed by atoms with van der Waals surface area (Å²) in [7, 11) is 0. The summed E-state index contributed by atoms with van der Waals surface area (Å²) in [4.78, 5) is 10.9. The molecule has 1 rings (SSSR count). The fraction of sp³-hybridized carbons (Fsp3) is 0.182. The van der Waals surface area contributed by atoms with E-state index in [1.807, 2.05) is 30.3 Å². The normalized spacial score (nSPS) is 10.4. The molecule has 1 aromatic carbocycles. The van der Waals surface area contributed by atoms with Crippen molar-refractivity contribution in [1.82, 2.24) is 0 Å². The monoisotopic (exact) mass is 194 g/mol. The van der Waals surface area contributed by atoms with Crippen molar-refractivity contribution >= 4 is 12.0 Å². The Morgan fingerprint density at radius 1 is 1.36 bits per heavy atom. The van der Waals surface area contributed by atoms with Gasteiger partial charge in [-0.2, -0.15) is 0 Å². The van der Waals surface area contributed by atoms with Crippen molar-refractivity contribution in [2.45, 2.75) is 0 Å². The average molecular weight is 194 g/mol. The van der Waals surface area contributed by atoms with Crippen molar-refractivity contribution in [1.29, 1.82) is 0 Å². The lowest BCUT2D eigenvalue weighted by Crippen LogP contribution is -2.02. The predicted molar refractivity (Wildman–Crippen MR) is 52.4 cm³/mol. The number of hydrogen-bond acceptors (Lipinski definition) is 2. The highest BCUT2D eigenvalue weighted by atomic mass is 19.1. The predicted octanol–water partition coefficient (Wildman–Crippen LogP) is 2.21. The molecule has 0 aromatic heterocycles. The van der Waals surface area contributed by atoms with Crippen molar-refractivity contribution in [3.8, 4) is 0 Å². The van der Waals surface area contributed by atoms with Gasteiger partial charge >= 0.3 is 5.97 Å². The van der Waals surface area contributed by atoms with Gasteiger partial charge in [0.2, 0.25) is 0 Å². The summed E-state index contributed by atoms with van der Waals surface area (Å²) in [6.07, 6.45) is 2.91. The molecule has 0 N–H and O–H groups in total. The lowest BCUT2D eigenvalue weighted by Gasteiger charge is -1.96. The Labute approximate surface area is 82.0 Å². The zero-order valence-corrected chi connectivity index (χ0v) is 7.65. The Morgan fingerprint density at radius 3 is 2.71 bits per heavy atom. The number of carbonyl (C=O) groups excluding carboxylic acids is 1. The molecule has 0 unspecified atom stereocenters. The first-order valence-corrected chi connectivity index (χ1v) is 4.29. The molecule has 0 aliphatic rings. The maximum Gasteiger partial charge on any atom is 0.330 e. The van der Waals surface area contributed by atoms with Gasteiger partial charge in [-0.1, -0.05) is 30.3 Å². The molecule has 0 fully saturated rings. The Hall–Kier alpha value is -1.64. The number of carbonyl (C=O) groups is 1. The molecule has 0 aliphatic heterocycles. The van der Waals surface area contributed by atoms with Crippen LogP contribution < -0.4 is 0 Å². The maximum absolute atomic E-state index is 11.6. The number of halogens is 1. The summed E-state index contributed by atoms with van der Waals surface area (Å²) in [5.41, 5.74) is 0.907. The Bertz CT molecular complexity index is 306. The highest BCUT2D eigenvalue weighted by Crippen LogP contribution is 2.00. The van der Waals surface area contributed by atoms with Crippen LogP contribution >= 0.6 is 0 Å². The highest BCUT2D eigenvalue weighted by Gasteiger charge is 1.94. The van der Waals surface area contributed by atoms with Gasteiger partial charge in [0.1, 0.15) is 13.3 Å². The Balaban J connectivity index is 2.44. The molecular weight excluding hydrogens is 183 g/mol. The van der Waals surface area contributed by atoms with E-state index in [0.29, 0.717) is 0 Å². The molecule has 0 aliphatic carbocycles. The lowest BCUT2D eigenvalue weighted by atomic mass is 10.2. The number of hydrogen-bond donors (Lipinski definition) is 0. The van der Waals surface area contributed by atoms with Crippen LogP contribution in [0.25, 0.3) is 6.08 Å². The van der Waals surface area contributed by atoms with Crippen molar-refractivity contribution in [2.75, 3.05) is 13.3 Å². The van der Waals surface area contributed by atoms with Crippen molar-refractivity contribution < 1.29 is 13.9 Å². The fourth-order valence-electron chi connectivity index (χ4n) is 0.916. The molecule has 0 saturated carbocycles. The van der Waals surface area contributed by atoms with Gasteiger partial charge in [0, 0.05) is 6.08 Å². The SMILES string of the molecule is O=C(C=Cc1ccccc1)OCCF. The second-order valence-electron chi connectivity index (χ2n) is 2.60. The number of rotatable bonds is 4. The first-order chi connectivity index (χ1) is 6.83. The van der Waals surface area contributed by atoms with E-state index >= 15 is 0 Å². The molecule has 3 heteroatoms. The minimum Gasteiger partial charge on any atom is -0.460 e. The summed E-state index contributed by atoms with van der Waals surface area (Å²) in [5, 5.41) is 0. The summed E-state index contributed by atoms with van der Waals surface area (Å²) in [6.45, 7) is -0.830. The third kappa shape index (κ3) is 3.85. The van der Waals surface area contributed by atoms with E-state index in [1.165, 1.54) is 6.08 Å². The van der Waals surface area contributed by atoms with E-state index < -0.39 is 12.6 Å². The maximum atomic E-state index is 11.6. The third-order valence-electron chi connectivity index (χ3n) is 1.53. The molecule has 74 valence electrons. The van der Waals surface area contributed by atoms with E-state index in [0.717, 1.165) is 5.56 Å². The second-order valence-corrected chi connectivity index (χ2v) is 2.60. The molecule has 0 amide bonds. The van der Waals surface area contributed by atoms with Gasteiger partial charge in [-0.3, -0.25) is 0 Å². The van der Waals surface area contributed by atoms with Crippen LogP contribution in [0.15, 0.2) is 36.4 Å². The quantitative estimate of drug-likeness (QED) is 0.542.